The van der Waals surface area contributed by atoms with Crippen molar-refractivity contribution in [2.45, 2.75) is 94.5 Å². The Kier molecular flexibility index (Phi) is 3.59. The Balaban J connectivity index is 1.70. The van der Waals surface area contributed by atoms with Gasteiger partial charge in [-0.15, -0.1) is 0 Å². The molecule has 3 rings (SSSR count). The molecule has 3 saturated carbocycles. The van der Waals surface area contributed by atoms with Crippen molar-refractivity contribution < 1.29 is 0 Å². The summed E-state index contributed by atoms with van der Waals surface area (Å²) in [6, 6.07) is 0. The molecule has 0 spiro atoms. The van der Waals surface area contributed by atoms with Crippen LogP contribution >= 0.6 is 0 Å². The van der Waals surface area contributed by atoms with E-state index >= 15 is 0 Å². The molecule has 0 aromatic carbocycles. The summed E-state index contributed by atoms with van der Waals surface area (Å²) in [7, 11) is 0. The van der Waals surface area contributed by atoms with Crippen molar-refractivity contribution in [3.63, 3.8) is 0 Å². The summed E-state index contributed by atoms with van der Waals surface area (Å²) < 4.78 is 0. The molecular weight excluding hydrogens is 191 g/mol. The first-order valence-corrected chi connectivity index (χ1v) is 7.95. The van der Waals surface area contributed by atoms with E-state index in [0.717, 1.165) is 24.2 Å². The second-order valence-electron chi connectivity index (χ2n) is 6.71. The second-order valence-corrected chi connectivity index (χ2v) is 6.71. The average Bonchev–Trinajstić information content (AvgIpc) is 3.02. The molecule has 3 aliphatic carbocycles. The molecule has 0 saturated heterocycles. The molecule has 90 valence electrons. The monoisotopic (exact) mass is 218 g/mol. The van der Waals surface area contributed by atoms with Crippen molar-refractivity contribution in [1.82, 2.24) is 0 Å². The van der Waals surface area contributed by atoms with Gasteiger partial charge in [0.25, 0.3) is 0 Å². The van der Waals surface area contributed by atoms with Crippen LogP contribution in [0.1, 0.15) is 77.0 Å². The number of hydrogen-bond acceptors (Lipinski definition) is 0. The van der Waals surface area contributed by atoms with Crippen LogP contribution in [0.15, 0.2) is 0 Å². The normalized spacial score (nSPS) is 29.2. The van der Waals surface area contributed by atoms with Gasteiger partial charge >= 0.3 is 0 Å². The summed E-state index contributed by atoms with van der Waals surface area (Å²) in [5, 5.41) is 0. The smallest absolute Gasteiger partial charge is 0.0617 e. The molecule has 0 atom stereocenters. The zero-order valence-corrected chi connectivity index (χ0v) is 10.8. The van der Waals surface area contributed by atoms with E-state index in [4.69, 9.17) is 0 Å². The Morgan fingerprint density at radius 3 is 0.938 bits per heavy atom. The molecule has 0 aliphatic heterocycles. The van der Waals surface area contributed by atoms with E-state index in [0.29, 0.717) is 0 Å². The van der Waals surface area contributed by atoms with Gasteiger partial charge in [0.2, 0.25) is 0 Å². The Hall–Kier alpha value is 0.0649. The molecule has 0 aromatic heterocycles. The maximum atomic E-state index is 1.58. The minimum absolute atomic E-state index is 1.14. The molecule has 0 radical (unpaired) electrons. The molecular formula is C15H27B. The highest BCUT2D eigenvalue weighted by atomic mass is 14.3. The molecule has 0 nitrogen and oxygen atoms in total. The third kappa shape index (κ3) is 2.20. The van der Waals surface area contributed by atoms with Gasteiger partial charge in [-0.3, -0.25) is 0 Å². The molecule has 1 heteroatoms. The molecule has 3 aliphatic rings. The van der Waals surface area contributed by atoms with Gasteiger partial charge in [-0.25, -0.2) is 0 Å². The minimum Gasteiger partial charge on any atom is -0.0617 e. The van der Waals surface area contributed by atoms with Gasteiger partial charge in [0.1, 0.15) is 6.71 Å². The zero-order valence-electron chi connectivity index (χ0n) is 10.8. The third-order valence-corrected chi connectivity index (χ3v) is 5.83. The van der Waals surface area contributed by atoms with E-state index < -0.39 is 0 Å². The van der Waals surface area contributed by atoms with Gasteiger partial charge < -0.3 is 0 Å². The number of hydrogen-bond donors (Lipinski definition) is 0. The van der Waals surface area contributed by atoms with Crippen molar-refractivity contribution in [2.75, 3.05) is 0 Å². The quantitative estimate of drug-likeness (QED) is 0.563. The summed E-state index contributed by atoms with van der Waals surface area (Å²) in [5.74, 6) is 3.43. The van der Waals surface area contributed by atoms with E-state index in [1.165, 1.54) is 0 Å². The van der Waals surface area contributed by atoms with Crippen molar-refractivity contribution in [3.8, 4) is 0 Å². The lowest BCUT2D eigenvalue weighted by Crippen LogP contribution is -2.29. The molecule has 0 N–H and O–H groups in total. The summed E-state index contributed by atoms with van der Waals surface area (Å²) in [4.78, 5) is 0. The van der Waals surface area contributed by atoms with Crippen molar-refractivity contribution in [1.29, 1.82) is 0 Å². The molecule has 0 aromatic rings. The van der Waals surface area contributed by atoms with E-state index in [2.05, 4.69) is 0 Å². The largest absolute Gasteiger partial charge is 0.149 e. The fraction of sp³-hybridized carbons (Fsp3) is 1.00. The highest BCUT2D eigenvalue weighted by Gasteiger charge is 2.41. The van der Waals surface area contributed by atoms with Crippen molar-refractivity contribution in [2.24, 2.45) is 0 Å². The second kappa shape index (κ2) is 5.15. The molecule has 0 bridgehead atoms. The van der Waals surface area contributed by atoms with Crippen LogP contribution in [0.25, 0.3) is 0 Å². The fourth-order valence-electron chi connectivity index (χ4n) is 5.18. The first-order valence-electron chi connectivity index (χ1n) is 7.95. The standard InChI is InChI=1S/C15H27B/c1-2-8-13(7-1)16(14-9-3-4-10-14)15-11-5-6-12-15/h13-15H,1-12H2. The Morgan fingerprint density at radius 2 is 0.688 bits per heavy atom. The molecule has 16 heavy (non-hydrogen) atoms. The van der Waals surface area contributed by atoms with Crippen molar-refractivity contribution >= 4 is 6.71 Å². The highest BCUT2D eigenvalue weighted by Crippen LogP contribution is 2.51. The SMILES string of the molecule is C1CCC(B(C2CCCC2)C2CCCC2)C1. The van der Waals surface area contributed by atoms with Crippen LogP contribution in [0.2, 0.25) is 17.5 Å². The molecule has 0 unspecified atom stereocenters. The predicted molar refractivity (Wildman–Crippen MR) is 72.4 cm³/mol. The van der Waals surface area contributed by atoms with Gasteiger partial charge in [-0.1, -0.05) is 94.5 Å². The van der Waals surface area contributed by atoms with Crippen LogP contribution in [0.5, 0.6) is 0 Å². The van der Waals surface area contributed by atoms with Crippen LogP contribution < -0.4 is 0 Å². The van der Waals surface area contributed by atoms with Crippen molar-refractivity contribution in [3.05, 3.63) is 0 Å². The topological polar surface area (TPSA) is 0 Å². The first-order chi connectivity index (χ1) is 7.95. The van der Waals surface area contributed by atoms with Crippen LogP contribution in [-0.2, 0) is 0 Å². The average molecular weight is 218 g/mol. The predicted octanol–water partition coefficient (Wildman–Crippen LogP) is 5.31. The van der Waals surface area contributed by atoms with Crippen LogP contribution in [0.4, 0.5) is 0 Å². The summed E-state index contributed by atoms with van der Waals surface area (Å²) in [6.45, 7) is 1.16. The van der Waals surface area contributed by atoms with E-state index in [9.17, 15) is 0 Å². The highest BCUT2D eigenvalue weighted by molar-refractivity contribution is 6.63. The van der Waals surface area contributed by atoms with Crippen LogP contribution in [-0.4, -0.2) is 6.71 Å². The molecule has 0 heterocycles. The maximum Gasteiger partial charge on any atom is 0.149 e. The van der Waals surface area contributed by atoms with Crippen LogP contribution in [0.3, 0.4) is 0 Å². The lowest BCUT2D eigenvalue weighted by atomic mass is 9.27. The zero-order chi connectivity index (χ0) is 10.8. The lowest BCUT2D eigenvalue weighted by Gasteiger charge is -2.31. The van der Waals surface area contributed by atoms with E-state index in [1.54, 1.807) is 77.0 Å². The van der Waals surface area contributed by atoms with Gasteiger partial charge in [-0.05, 0) is 0 Å². The third-order valence-electron chi connectivity index (χ3n) is 5.83. The Labute approximate surface area is 102 Å². The first kappa shape index (κ1) is 11.2. The summed E-state index contributed by atoms with van der Waals surface area (Å²) in [6.07, 6.45) is 18.7. The lowest BCUT2D eigenvalue weighted by molar-refractivity contribution is 0.709. The fourth-order valence-corrected chi connectivity index (χ4v) is 5.18. The van der Waals surface area contributed by atoms with Gasteiger partial charge in [0.15, 0.2) is 0 Å². The van der Waals surface area contributed by atoms with E-state index in [1.807, 2.05) is 0 Å². The van der Waals surface area contributed by atoms with Gasteiger partial charge in [-0.2, -0.15) is 0 Å². The summed E-state index contributed by atoms with van der Waals surface area (Å²) >= 11 is 0. The summed E-state index contributed by atoms with van der Waals surface area (Å²) in [5.41, 5.74) is 0. The Morgan fingerprint density at radius 1 is 0.438 bits per heavy atom. The van der Waals surface area contributed by atoms with Gasteiger partial charge in [0, 0.05) is 0 Å². The van der Waals surface area contributed by atoms with Gasteiger partial charge in [0.05, 0.1) is 0 Å². The maximum absolute atomic E-state index is 1.58. The van der Waals surface area contributed by atoms with Crippen LogP contribution in [0, 0.1) is 0 Å². The molecule has 3 fully saturated rings. The number of rotatable bonds is 3. The Bertz CT molecular complexity index is 169. The minimum atomic E-state index is 1.14. The molecule has 0 amide bonds. The van der Waals surface area contributed by atoms with E-state index in [-0.39, 0.29) is 0 Å².